The molecule has 31 heavy (non-hydrogen) atoms. The van der Waals surface area contributed by atoms with Gasteiger partial charge in [-0.1, -0.05) is 57.9 Å². The summed E-state index contributed by atoms with van der Waals surface area (Å²) >= 11 is 0. The van der Waals surface area contributed by atoms with Gasteiger partial charge in [0.25, 0.3) is 0 Å². The molecule has 4 unspecified atom stereocenters. The lowest BCUT2D eigenvalue weighted by atomic mass is 9.60. The molecule has 1 aromatic carbocycles. The van der Waals surface area contributed by atoms with E-state index < -0.39 is 0 Å². The third kappa shape index (κ3) is 5.85. The zero-order valence-electron chi connectivity index (χ0n) is 20.1. The van der Waals surface area contributed by atoms with Crippen LogP contribution in [0.15, 0.2) is 18.2 Å². The van der Waals surface area contributed by atoms with E-state index in [-0.39, 0.29) is 5.82 Å². The molecule has 4 rings (SSSR count). The van der Waals surface area contributed by atoms with Crippen molar-refractivity contribution in [1.29, 1.82) is 0 Å². The van der Waals surface area contributed by atoms with Crippen molar-refractivity contribution in [3.05, 3.63) is 29.6 Å². The van der Waals surface area contributed by atoms with Crippen LogP contribution in [0.1, 0.15) is 115 Å². The second-order valence-corrected chi connectivity index (χ2v) is 11.1. The van der Waals surface area contributed by atoms with E-state index in [1.165, 1.54) is 96.3 Å². The SMILES string of the molecule is CCCCCCC1CCC(C2CCC3CC(c4ccc(OC)cc4F)CCC3C2)CC1. The zero-order chi connectivity index (χ0) is 21.6. The van der Waals surface area contributed by atoms with Crippen LogP contribution in [0, 0.1) is 35.4 Å². The van der Waals surface area contributed by atoms with Crippen LogP contribution in [0.25, 0.3) is 0 Å². The maximum atomic E-state index is 14.6. The number of rotatable bonds is 8. The molecule has 0 heterocycles. The second-order valence-electron chi connectivity index (χ2n) is 11.1. The first-order chi connectivity index (χ1) is 15.2. The number of halogens is 1. The van der Waals surface area contributed by atoms with Crippen LogP contribution in [-0.4, -0.2) is 7.11 Å². The summed E-state index contributed by atoms with van der Waals surface area (Å²) in [5, 5.41) is 0. The van der Waals surface area contributed by atoms with Crippen molar-refractivity contribution in [3.63, 3.8) is 0 Å². The van der Waals surface area contributed by atoms with Crippen molar-refractivity contribution in [2.75, 3.05) is 7.11 Å². The van der Waals surface area contributed by atoms with Gasteiger partial charge in [0, 0.05) is 6.07 Å². The minimum absolute atomic E-state index is 0.0667. The Hall–Kier alpha value is -1.05. The van der Waals surface area contributed by atoms with Crippen molar-refractivity contribution in [3.8, 4) is 5.75 Å². The molecule has 174 valence electrons. The number of ether oxygens (including phenoxy) is 1. The van der Waals surface area contributed by atoms with Crippen LogP contribution in [0.2, 0.25) is 0 Å². The normalized spacial score (nSPS) is 33.6. The fraction of sp³-hybridized carbons (Fsp3) is 0.793. The van der Waals surface area contributed by atoms with Crippen LogP contribution >= 0.6 is 0 Å². The van der Waals surface area contributed by atoms with Crippen LogP contribution in [-0.2, 0) is 0 Å². The molecule has 0 aliphatic heterocycles. The quantitative estimate of drug-likeness (QED) is 0.375. The number of fused-ring (bicyclic) bond motifs is 1. The summed E-state index contributed by atoms with van der Waals surface area (Å²) < 4.78 is 19.8. The average Bonchev–Trinajstić information content (AvgIpc) is 2.81. The molecule has 0 bridgehead atoms. The average molecular weight is 429 g/mol. The molecular formula is C29H45FO. The van der Waals surface area contributed by atoms with Gasteiger partial charge in [0.05, 0.1) is 7.11 Å². The Morgan fingerprint density at radius 3 is 2.19 bits per heavy atom. The van der Waals surface area contributed by atoms with Gasteiger partial charge in [-0.15, -0.1) is 0 Å². The molecule has 1 nitrogen and oxygen atoms in total. The molecule has 0 radical (unpaired) electrons. The Morgan fingerprint density at radius 1 is 0.806 bits per heavy atom. The van der Waals surface area contributed by atoms with Crippen LogP contribution in [0.4, 0.5) is 4.39 Å². The Kier molecular flexibility index (Phi) is 8.35. The predicted molar refractivity (Wildman–Crippen MR) is 128 cm³/mol. The van der Waals surface area contributed by atoms with Crippen molar-refractivity contribution in [1.82, 2.24) is 0 Å². The number of hydrogen-bond acceptors (Lipinski definition) is 1. The van der Waals surface area contributed by atoms with Gasteiger partial charge < -0.3 is 4.74 Å². The zero-order valence-corrected chi connectivity index (χ0v) is 20.1. The first-order valence-corrected chi connectivity index (χ1v) is 13.5. The van der Waals surface area contributed by atoms with Gasteiger partial charge in [0.15, 0.2) is 0 Å². The molecule has 0 aromatic heterocycles. The molecule has 3 fully saturated rings. The maximum Gasteiger partial charge on any atom is 0.130 e. The summed E-state index contributed by atoms with van der Waals surface area (Å²) in [6.07, 6.45) is 21.1. The standard InChI is InChI=1S/C29H45FO/c1-3-4-5-6-7-21-8-10-22(11-9-21)23-12-13-25-19-26(15-14-24(25)18-23)28-17-16-27(31-2)20-29(28)30/h16-17,20-26H,3-15,18-19H2,1-2H3. The van der Waals surface area contributed by atoms with Crippen LogP contribution in [0.5, 0.6) is 5.75 Å². The molecule has 3 saturated carbocycles. The third-order valence-corrected chi connectivity index (χ3v) is 9.33. The van der Waals surface area contributed by atoms with E-state index in [1.807, 2.05) is 12.1 Å². The first-order valence-electron chi connectivity index (χ1n) is 13.5. The fourth-order valence-electron chi connectivity index (χ4n) is 7.41. The number of benzene rings is 1. The van der Waals surface area contributed by atoms with Gasteiger partial charge in [-0.3, -0.25) is 0 Å². The monoisotopic (exact) mass is 428 g/mol. The van der Waals surface area contributed by atoms with Crippen molar-refractivity contribution in [2.24, 2.45) is 29.6 Å². The molecule has 4 atom stereocenters. The molecule has 1 aromatic rings. The summed E-state index contributed by atoms with van der Waals surface area (Å²) in [6, 6.07) is 5.48. The first kappa shape index (κ1) is 23.1. The minimum Gasteiger partial charge on any atom is -0.497 e. The summed E-state index contributed by atoms with van der Waals surface area (Å²) in [4.78, 5) is 0. The van der Waals surface area contributed by atoms with Gasteiger partial charge in [-0.2, -0.15) is 0 Å². The van der Waals surface area contributed by atoms with Crippen LogP contribution in [0.3, 0.4) is 0 Å². The Morgan fingerprint density at radius 2 is 1.48 bits per heavy atom. The lowest BCUT2D eigenvalue weighted by Gasteiger charge is -2.45. The molecule has 3 aliphatic rings. The Labute approximate surface area is 190 Å². The van der Waals surface area contributed by atoms with E-state index in [1.54, 1.807) is 13.2 Å². The van der Waals surface area contributed by atoms with Gasteiger partial charge in [-0.05, 0) is 98.5 Å². The van der Waals surface area contributed by atoms with Crippen molar-refractivity contribution < 1.29 is 9.13 Å². The molecule has 0 spiro atoms. The maximum absolute atomic E-state index is 14.6. The summed E-state index contributed by atoms with van der Waals surface area (Å²) in [6.45, 7) is 2.31. The van der Waals surface area contributed by atoms with Gasteiger partial charge in [0.1, 0.15) is 11.6 Å². The van der Waals surface area contributed by atoms with Gasteiger partial charge in [0.2, 0.25) is 0 Å². The predicted octanol–water partition coefficient (Wildman–Crippen LogP) is 8.91. The van der Waals surface area contributed by atoms with E-state index in [4.69, 9.17) is 4.74 Å². The highest BCUT2D eigenvalue weighted by Gasteiger charge is 2.39. The lowest BCUT2D eigenvalue weighted by Crippen LogP contribution is -2.34. The largest absolute Gasteiger partial charge is 0.497 e. The molecule has 2 heteroatoms. The summed E-state index contributed by atoms with van der Waals surface area (Å²) in [5.74, 6) is 5.72. The minimum atomic E-state index is -0.0667. The molecule has 0 amide bonds. The number of hydrogen-bond donors (Lipinski definition) is 0. The smallest absolute Gasteiger partial charge is 0.130 e. The highest BCUT2D eigenvalue weighted by molar-refractivity contribution is 5.31. The van der Waals surface area contributed by atoms with E-state index in [0.29, 0.717) is 11.7 Å². The van der Waals surface area contributed by atoms with Crippen molar-refractivity contribution >= 4 is 0 Å². The number of unbranched alkanes of at least 4 members (excludes halogenated alkanes) is 3. The molecular weight excluding hydrogens is 383 g/mol. The molecule has 3 aliphatic carbocycles. The Balaban J connectivity index is 1.23. The summed E-state index contributed by atoms with van der Waals surface area (Å²) in [5.41, 5.74) is 0.929. The molecule has 0 saturated heterocycles. The summed E-state index contributed by atoms with van der Waals surface area (Å²) in [7, 11) is 1.61. The van der Waals surface area contributed by atoms with Gasteiger partial charge >= 0.3 is 0 Å². The highest BCUT2D eigenvalue weighted by Crippen LogP contribution is 2.51. The third-order valence-electron chi connectivity index (χ3n) is 9.33. The lowest BCUT2D eigenvalue weighted by molar-refractivity contribution is 0.0706. The highest BCUT2D eigenvalue weighted by atomic mass is 19.1. The second kappa shape index (κ2) is 11.2. The van der Waals surface area contributed by atoms with Crippen molar-refractivity contribution in [2.45, 2.75) is 109 Å². The fourth-order valence-corrected chi connectivity index (χ4v) is 7.41. The number of methoxy groups -OCH3 is 1. The Bertz CT molecular complexity index is 677. The van der Waals surface area contributed by atoms with Crippen LogP contribution < -0.4 is 4.74 Å². The molecule has 0 N–H and O–H groups in total. The van der Waals surface area contributed by atoms with E-state index in [0.717, 1.165) is 35.2 Å². The topological polar surface area (TPSA) is 9.23 Å². The van der Waals surface area contributed by atoms with E-state index in [2.05, 4.69) is 6.92 Å². The van der Waals surface area contributed by atoms with Gasteiger partial charge in [-0.25, -0.2) is 4.39 Å². The van der Waals surface area contributed by atoms with E-state index in [9.17, 15) is 4.39 Å². The van der Waals surface area contributed by atoms with E-state index >= 15 is 0 Å².